The van der Waals surface area contributed by atoms with Crippen molar-refractivity contribution >= 4 is 5.97 Å². The third-order valence-corrected chi connectivity index (χ3v) is 4.25. The lowest BCUT2D eigenvalue weighted by Crippen LogP contribution is -2.26. The van der Waals surface area contributed by atoms with Gasteiger partial charge in [0.15, 0.2) is 0 Å². The minimum Gasteiger partial charge on any atom is -0.481 e. The molecular formula is C14H16O2. The van der Waals surface area contributed by atoms with Crippen LogP contribution in [0.5, 0.6) is 0 Å². The Bertz CT molecular complexity index is 432. The van der Waals surface area contributed by atoms with Gasteiger partial charge in [0, 0.05) is 5.92 Å². The fourth-order valence-corrected chi connectivity index (χ4v) is 3.17. The van der Waals surface area contributed by atoms with Crippen LogP contribution in [0.1, 0.15) is 42.7 Å². The van der Waals surface area contributed by atoms with Crippen LogP contribution < -0.4 is 0 Å². The van der Waals surface area contributed by atoms with E-state index in [1.807, 2.05) is 6.07 Å². The minimum atomic E-state index is -0.589. The number of rotatable bonds is 2. The maximum Gasteiger partial charge on any atom is 0.310 e. The van der Waals surface area contributed by atoms with Crippen molar-refractivity contribution in [3.63, 3.8) is 0 Å². The quantitative estimate of drug-likeness (QED) is 0.825. The van der Waals surface area contributed by atoms with Gasteiger partial charge in [-0.1, -0.05) is 24.3 Å². The highest BCUT2D eigenvalue weighted by molar-refractivity contribution is 5.79. The molecule has 1 fully saturated rings. The van der Waals surface area contributed by atoms with Gasteiger partial charge < -0.3 is 5.11 Å². The zero-order valence-electron chi connectivity index (χ0n) is 9.28. The molecule has 1 unspecified atom stereocenters. The number of hydrogen-bond donors (Lipinski definition) is 1. The Morgan fingerprint density at radius 2 is 2.06 bits per heavy atom. The molecule has 16 heavy (non-hydrogen) atoms. The number of fused-ring (bicyclic) bond motifs is 1. The van der Waals surface area contributed by atoms with Crippen molar-refractivity contribution in [2.75, 3.05) is 0 Å². The molecule has 0 aliphatic heterocycles. The molecule has 1 aromatic carbocycles. The Morgan fingerprint density at radius 1 is 1.31 bits per heavy atom. The van der Waals surface area contributed by atoms with Crippen LogP contribution >= 0.6 is 0 Å². The second-order valence-corrected chi connectivity index (χ2v) is 5.10. The van der Waals surface area contributed by atoms with E-state index in [0.717, 1.165) is 32.1 Å². The van der Waals surface area contributed by atoms with Crippen LogP contribution in [0, 0.1) is 5.41 Å². The molecule has 0 radical (unpaired) electrons. The van der Waals surface area contributed by atoms with Gasteiger partial charge in [0.2, 0.25) is 0 Å². The van der Waals surface area contributed by atoms with E-state index >= 15 is 0 Å². The molecule has 1 atom stereocenters. The first-order valence-electron chi connectivity index (χ1n) is 6.05. The molecule has 1 saturated carbocycles. The van der Waals surface area contributed by atoms with Crippen molar-refractivity contribution in [2.24, 2.45) is 5.41 Å². The second-order valence-electron chi connectivity index (χ2n) is 5.10. The van der Waals surface area contributed by atoms with E-state index in [1.54, 1.807) is 0 Å². The van der Waals surface area contributed by atoms with Crippen molar-refractivity contribution in [1.82, 2.24) is 0 Å². The van der Waals surface area contributed by atoms with Crippen LogP contribution in [0.3, 0.4) is 0 Å². The Morgan fingerprint density at radius 3 is 2.75 bits per heavy atom. The average Bonchev–Trinajstić information content (AvgIpc) is 3.09. The molecule has 2 nitrogen and oxygen atoms in total. The first kappa shape index (κ1) is 9.88. The van der Waals surface area contributed by atoms with Gasteiger partial charge in [-0.05, 0) is 43.2 Å². The topological polar surface area (TPSA) is 37.3 Å². The lowest BCUT2D eigenvalue weighted by atomic mass is 9.74. The van der Waals surface area contributed by atoms with E-state index in [-0.39, 0.29) is 5.92 Å². The first-order valence-corrected chi connectivity index (χ1v) is 6.05. The lowest BCUT2D eigenvalue weighted by molar-refractivity contribution is -0.144. The van der Waals surface area contributed by atoms with Crippen molar-refractivity contribution < 1.29 is 9.90 Å². The molecule has 0 aromatic heterocycles. The summed E-state index contributed by atoms with van der Waals surface area (Å²) in [6.07, 6.45) is 5.02. The predicted octanol–water partition coefficient (Wildman–Crippen LogP) is 2.97. The molecule has 2 aliphatic carbocycles. The molecule has 0 heterocycles. The normalized spacial score (nSPS) is 25.9. The highest BCUT2D eigenvalue weighted by Gasteiger charge is 2.56. The zero-order chi connectivity index (χ0) is 11.2. The molecule has 1 N–H and O–H groups in total. The van der Waals surface area contributed by atoms with Crippen LogP contribution in [0.2, 0.25) is 0 Å². The SMILES string of the molecule is O=C(O)C1(C2CCCc3ccccc32)CC1. The average molecular weight is 216 g/mol. The van der Waals surface area contributed by atoms with Crippen LogP contribution in [0.15, 0.2) is 24.3 Å². The Labute approximate surface area is 95.3 Å². The predicted molar refractivity (Wildman–Crippen MR) is 61.4 cm³/mol. The number of carboxylic acids is 1. The van der Waals surface area contributed by atoms with Gasteiger partial charge >= 0.3 is 5.97 Å². The van der Waals surface area contributed by atoms with Crippen LogP contribution in [-0.2, 0) is 11.2 Å². The van der Waals surface area contributed by atoms with E-state index < -0.39 is 11.4 Å². The van der Waals surface area contributed by atoms with Crippen LogP contribution in [-0.4, -0.2) is 11.1 Å². The summed E-state index contributed by atoms with van der Waals surface area (Å²) >= 11 is 0. The Balaban J connectivity index is 2.02. The summed E-state index contributed by atoms with van der Waals surface area (Å²) in [6, 6.07) is 8.37. The van der Waals surface area contributed by atoms with Gasteiger partial charge in [-0.2, -0.15) is 0 Å². The third-order valence-electron chi connectivity index (χ3n) is 4.25. The molecule has 0 spiro atoms. The maximum atomic E-state index is 11.4. The number of aliphatic carboxylic acids is 1. The molecular weight excluding hydrogens is 200 g/mol. The van der Waals surface area contributed by atoms with Gasteiger partial charge in [-0.25, -0.2) is 0 Å². The van der Waals surface area contributed by atoms with E-state index in [4.69, 9.17) is 0 Å². The molecule has 2 heteroatoms. The van der Waals surface area contributed by atoms with Crippen LogP contribution in [0.4, 0.5) is 0 Å². The highest BCUT2D eigenvalue weighted by atomic mass is 16.4. The minimum absolute atomic E-state index is 0.259. The van der Waals surface area contributed by atoms with Gasteiger partial charge in [0.05, 0.1) is 5.41 Å². The van der Waals surface area contributed by atoms with Crippen molar-refractivity contribution in [2.45, 2.75) is 38.0 Å². The molecule has 84 valence electrons. The summed E-state index contributed by atoms with van der Waals surface area (Å²) in [7, 11) is 0. The van der Waals surface area contributed by atoms with E-state index in [9.17, 15) is 9.90 Å². The number of aryl methyl sites for hydroxylation is 1. The molecule has 0 amide bonds. The summed E-state index contributed by atoms with van der Waals surface area (Å²) in [5.74, 6) is -0.329. The standard InChI is InChI=1S/C14H16O2/c15-13(16)14(8-9-14)12-7-3-5-10-4-1-2-6-11(10)12/h1-2,4,6,12H,3,5,7-9H2,(H,15,16). The highest BCUT2D eigenvalue weighted by Crippen LogP contribution is 2.59. The van der Waals surface area contributed by atoms with Crippen LogP contribution in [0.25, 0.3) is 0 Å². The van der Waals surface area contributed by atoms with Crippen molar-refractivity contribution in [1.29, 1.82) is 0 Å². The summed E-state index contributed by atoms with van der Waals surface area (Å²) in [4.78, 5) is 11.4. The summed E-state index contributed by atoms with van der Waals surface area (Å²) in [5, 5.41) is 9.38. The van der Waals surface area contributed by atoms with E-state index in [1.165, 1.54) is 11.1 Å². The number of hydrogen-bond acceptors (Lipinski definition) is 1. The first-order chi connectivity index (χ1) is 7.74. The molecule has 3 rings (SSSR count). The van der Waals surface area contributed by atoms with E-state index in [2.05, 4.69) is 18.2 Å². The summed E-state index contributed by atoms with van der Waals surface area (Å²) in [5.41, 5.74) is 2.25. The Hall–Kier alpha value is -1.31. The Kier molecular flexibility index (Phi) is 2.06. The van der Waals surface area contributed by atoms with Gasteiger partial charge in [0.25, 0.3) is 0 Å². The molecule has 0 bridgehead atoms. The maximum absolute atomic E-state index is 11.4. The van der Waals surface area contributed by atoms with Gasteiger partial charge in [0.1, 0.15) is 0 Å². The third kappa shape index (κ3) is 1.29. The summed E-state index contributed by atoms with van der Waals surface area (Å²) in [6.45, 7) is 0. The van der Waals surface area contributed by atoms with Crippen molar-refractivity contribution in [3.8, 4) is 0 Å². The number of carbonyl (C=O) groups is 1. The summed E-state index contributed by atoms with van der Waals surface area (Å²) < 4.78 is 0. The number of benzene rings is 1. The van der Waals surface area contributed by atoms with Gasteiger partial charge in [-0.15, -0.1) is 0 Å². The van der Waals surface area contributed by atoms with Gasteiger partial charge in [-0.3, -0.25) is 4.79 Å². The molecule has 2 aliphatic rings. The van der Waals surface area contributed by atoms with Crippen molar-refractivity contribution in [3.05, 3.63) is 35.4 Å². The fraction of sp³-hybridized carbons (Fsp3) is 0.500. The smallest absolute Gasteiger partial charge is 0.310 e. The largest absolute Gasteiger partial charge is 0.481 e. The molecule has 1 aromatic rings. The fourth-order valence-electron chi connectivity index (χ4n) is 3.17. The molecule has 0 saturated heterocycles. The van der Waals surface area contributed by atoms with E-state index in [0.29, 0.717) is 0 Å². The zero-order valence-corrected chi connectivity index (χ0v) is 9.28. The second kappa shape index (κ2) is 3.34. The monoisotopic (exact) mass is 216 g/mol. The number of carboxylic acid groups (broad SMARTS) is 1. The lowest BCUT2D eigenvalue weighted by Gasteiger charge is -2.30.